The van der Waals surface area contributed by atoms with Crippen LogP contribution in [-0.2, 0) is 6.54 Å². The first kappa shape index (κ1) is 13.6. The third-order valence-electron chi connectivity index (χ3n) is 4.09. The molecule has 3 aromatic rings. The van der Waals surface area contributed by atoms with Crippen molar-refractivity contribution in [2.24, 2.45) is 0 Å². The Morgan fingerprint density at radius 1 is 1.27 bits per heavy atom. The molecule has 1 aliphatic heterocycles. The number of imidazole rings is 1. The Labute approximate surface area is 134 Å². The van der Waals surface area contributed by atoms with Gasteiger partial charge in [0.2, 0.25) is 0 Å². The van der Waals surface area contributed by atoms with Gasteiger partial charge in [0, 0.05) is 29.1 Å². The van der Waals surface area contributed by atoms with Crippen molar-refractivity contribution in [2.45, 2.75) is 30.0 Å². The standard InChI is InChI=1S/C17H18N4S/c1-13-6-8-20(15-4-2-3-5-16(15)22-13)12-14-10-19-17-11-18-7-9-21(14)17/h2-5,7,9-11,13H,6,8,12H2,1H3. The summed E-state index contributed by atoms with van der Waals surface area (Å²) in [6, 6.07) is 8.71. The summed E-state index contributed by atoms with van der Waals surface area (Å²) in [7, 11) is 0. The molecule has 0 aliphatic carbocycles. The third-order valence-corrected chi connectivity index (χ3v) is 5.32. The molecular formula is C17H18N4S. The lowest BCUT2D eigenvalue weighted by atomic mass is 10.2. The Balaban J connectivity index is 1.70. The van der Waals surface area contributed by atoms with Gasteiger partial charge in [0.05, 0.1) is 30.3 Å². The third kappa shape index (κ3) is 2.46. The molecule has 0 saturated carbocycles. The van der Waals surface area contributed by atoms with Crippen LogP contribution in [0, 0.1) is 0 Å². The molecule has 4 rings (SSSR count). The minimum Gasteiger partial charge on any atom is -0.365 e. The summed E-state index contributed by atoms with van der Waals surface area (Å²) in [6.07, 6.45) is 8.75. The average molecular weight is 310 g/mol. The predicted octanol–water partition coefficient (Wildman–Crippen LogP) is 3.62. The summed E-state index contributed by atoms with van der Waals surface area (Å²) in [6.45, 7) is 4.25. The molecule has 4 nitrogen and oxygen atoms in total. The van der Waals surface area contributed by atoms with Crippen LogP contribution in [0.1, 0.15) is 19.0 Å². The van der Waals surface area contributed by atoms with E-state index in [2.05, 4.69) is 50.5 Å². The van der Waals surface area contributed by atoms with E-state index in [-0.39, 0.29) is 0 Å². The Bertz CT molecular complexity index is 798. The fraction of sp³-hybridized carbons (Fsp3) is 0.294. The molecule has 1 unspecified atom stereocenters. The Morgan fingerprint density at radius 2 is 2.18 bits per heavy atom. The minimum absolute atomic E-state index is 0.650. The van der Waals surface area contributed by atoms with Crippen LogP contribution in [-0.4, -0.2) is 26.2 Å². The number of nitrogens with zero attached hydrogens (tertiary/aromatic N) is 4. The summed E-state index contributed by atoms with van der Waals surface area (Å²) in [5, 5.41) is 0.650. The molecule has 0 spiro atoms. The lowest BCUT2D eigenvalue weighted by molar-refractivity contribution is 0.717. The van der Waals surface area contributed by atoms with Crippen molar-refractivity contribution < 1.29 is 0 Å². The highest BCUT2D eigenvalue weighted by Gasteiger charge is 2.20. The lowest BCUT2D eigenvalue weighted by Gasteiger charge is -2.24. The molecule has 1 aromatic carbocycles. The number of hydrogen-bond acceptors (Lipinski definition) is 4. The van der Waals surface area contributed by atoms with Crippen LogP contribution in [0.4, 0.5) is 5.69 Å². The maximum absolute atomic E-state index is 4.45. The van der Waals surface area contributed by atoms with Crippen LogP contribution in [0.2, 0.25) is 0 Å². The van der Waals surface area contributed by atoms with E-state index >= 15 is 0 Å². The van der Waals surface area contributed by atoms with Crippen LogP contribution in [0.3, 0.4) is 0 Å². The fourth-order valence-electron chi connectivity index (χ4n) is 2.92. The van der Waals surface area contributed by atoms with E-state index in [1.54, 1.807) is 6.20 Å². The zero-order valence-electron chi connectivity index (χ0n) is 12.5. The van der Waals surface area contributed by atoms with Gasteiger partial charge in [-0.05, 0) is 18.6 Å². The minimum atomic E-state index is 0.650. The van der Waals surface area contributed by atoms with Crippen molar-refractivity contribution in [1.82, 2.24) is 14.4 Å². The van der Waals surface area contributed by atoms with Crippen molar-refractivity contribution in [1.29, 1.82) is 0 Å². The molecule has 0 bridgehead atoms. The number of fused-ring (bicyclic) bond motifs is 2. The maximum Gasteiger partial charge on any atom is 0.155 e. The Morgan fingerprint density at radius 3 is 3.14 bits per heavy atom. The second kappa shape index (κ2) is 5.65. The molecule has 1 atom stereocenters. The Hall–Kier alpha value is -2.01. The van der Waals surface area contributed by atoms with Crippen LogP contribution in [0.15, 0.2) is 53.9 Å². The SMILES string of the molecule is CC1CCN(Cc2cnc3cnccn23)c2ccccc2S1. The molecule has 2 aromatic heterocycles. The molecular weight excluding hydrogens is 292 g/mol. The number of hydrogen-bond donors (Lipinski definition) is 0. The highest BCUT2D eigenvalue weighted by molar-refractivity contribution is 8.00. The normalized spacial score (nSPS) is 18.2. The molecule has 3 heterocycles. The first-order valence-corrected chi connectivity index (χ1v) is 8.46. The number of thioether (sulfide) groups is 1. The number of aromatic nitrogens is 3. The molecule has 0 fully saturated rings. The molecule has 5 heteroatoms. The fourth-order valence-corrected chi connectivity index (χ4v) is 4.06. The predicted molar refractivity (Wildman–Crippen MR) is 90.4 cm³/mol. The molecule has 0 radical (unpaired) electrons. The zero-order valence-corrected chi connectivity index (χ0v) is 13.3. The van der Waals surface area contributed by atoms with Gasteiger partial charge in [-0.1, -0.05) is 19.1 Å². The second-order valence-corrected chi connectivity index (χ2v) is 7.14. The van der Waals surface area contributed by atoms with E-state index in [1.165, 1.54) is 22.7 Å². The highest BCUT2D eigenvalue weighted by atomic mass is 32.2. The van der Waals surface area contributed by atoms with E-state index < -0.39 is 0 Å². The van der Waals surface area contributed by atoms with Gasteiger partial charge in [0.15, 0.2) is 5.65 Å². The van der Waals surface area contributed by atoms with E-state index in [0.717, 1.165) is 18.7 Å². The van der Waals surface area contributed by atoms with Gasteiger partial charge >= 0.3 is 0 Å². The summed E-state index contributed by atoms with van der Waals surface area (Å²) in [5.74, 6) is 0. The van der Waals surface area contributed by atoms with Gasteiger partial charge in [-0.15, -0.1) is 11.8 Å². The lowest BCUT2D eigenvalue weighted by Crippen LogP contribution is -2.25. The summed E-state index contributed by atoms with van der Waals surface area (Å²) >= 11 is 1.98. The van der Waals surface area contributed by atoms with Crippen molar-refractivity contribution >= 4 is 23.1 Å². The highest BCUT2D eigenvalue weighted by Crippen LogP contribution is 2.37. The van der Waals surface area contributed by atoms with Gasteiger partial charge in [0.25, 0.3) is 0 Å². The number of rotatable bonds is 2. The smallest absolute Gasteiger partial charge is 0.155 e. The number of anilines is 1. The average Bonchev–Trinajstić information content (AvgIpc) is 2.87. The van der Waals surface area contributed by atoms with Gasteiger partial charge in [-0.25, -0.2) is 4.98 Å². The summed E-state index contributed by atoms with van der Waals surface area (Å²) in [5.41, 5.74) is 3.44. The van der Waals surface area contributed by atoms with E-state index in [9.17, 15) is 0 Å². The van der Waals surface area contributed by atoms with Gasteiger partial charge in [-0.3, -0.25) is 9.38 Å². The van der Waals surface area contributed by atoms with Crippen LogP contribution >= 0.6 is 11.8 Å². The van der Waals surface area contributed by atoms with Crippen LogP contribution in [0.5, 0.6) is 0 Å². The van der Waals surface area contributed by atoms with Crippen molar-refractivity contribution in [3.63, 3.8) is 0 Å². The van der Waals surface area contributed by atoms with E-state index in [1.807, 2.05) is 30.4 Å². The number of benzene rings is 1. The van der Waals surface area contributed by atoms with Crippen molar-refractivity contribution in [3.8, 4) is 0 Å². The topological polar surface area (TPSA) is 33.4 Å². The Kier molecular flexibility index (Phi) is 3.50. The zero-order chi connectivity index (χ0) is 14.9. The monoisotopic (exact) mass is 310 g/mol. The largest absolute Gasteiger partial charge is 0.365 e. The number of para-hydroxylation sites is 1. The first-order chi connectivity index (χ1) is 10.8. The summed E-state index contributed by atoms with van der Waals surface area (Å²) in [4.78, 5) is 12.4. The van der Waals surface area contributed by atoms with Crippen LogP contribution < -0.4 is 4.90 Å². The maximum atomic E-state index is 4.45. The van der Waals surface area contributed by atoms with Crippen molar-refractivity contribution in [2.75, 3.05) is 11.4 Å². The molecule has 22 heavy (non-hydrogen) atoms. The molecule has 112 valence electrons. The molecule has 1 aliphatic rings. The van der Waals surface area contributed by atoms with E-state index in [4.69, 9.17) is 0 Å². The molecule has 0 amide bonds. The van der Waals surface area contributed by atoms with Gasteiger partial charge < -0.3 is 4.90 Å². The first-order valence-electron chi connectivity index (χ1n) is 7.58. The quantitative estimate of drug-likeness (QED) is 0.724. The van der Waals surface area contributed by atoms with E-state index in [0.29, 0.717) is 5.25 Å². The van der Waals surface area contributed by atoms with Gasteiger partial charge in [-0.2, -0.15) is 0 Å². The summed E-state index contributed by atoms with van der Waals surface area (Å²) < 4.78 is 2.12. The van der Waals surface area contributed by atoms with Gasteiger partial charge in [0.1, 0.15) is 0 Å². The molecule has 0 N–H and O–H groups in total. The van der Waals surface area contributed by atoms with Crippen molar-refractivity contribution in [3.05, 3.63) is 54.7 Å². The second-order valence-electron chi connectivity index (χ2n) is 5.66. The van der Waals surface area contributed by atoms with Crippen LogP contribution in [0.25, 0.3) is 5.65 Å². The molecule has 0 saturated heterocycles.